The molecular weight excluding hydrogens is 473 g/mol. The molecule has 3 heterocycles. The van der Waals surface area contributed by atoms with Crippen LogP contribution in [0.3, 0.4) is 0 Å². The minimum Gasteiger partial charge on any atom is -0.459 e. The third-order valence-electron chi connectivity index (χ3n) is 5.70. The maximum Gasteiger partial charge on any atom is 0.174 e. The first-order valence-corrected chi connectivity index (χ1v) is 11.7. The number of anilines is 1. The molecule has 0 unspecified atom stereocenters. The smallest absolute Gasteiger partial charge is 0.174 e. The second-order valence-corrected chi connectivity index (χ2v) is 9.40. The van der Waals surface area contributed by atoms with E-state index in [1.54, 1.807) is 18.3 Å². The lowest BCUT2D eigenvalue weighted by molar-refractivity contribution is 0.439. The number of aromatic nitrogens is 1. The van der Waals surface area contributed by atoms with Crippen molar-refractivity contribution in [2.75, 3.05) is 4.90 Å². The summed E-state index contributed by atoms with van der Waals surface area (Å²) in [4.78, 5) is 6.71. The van der Waals surface area contributed by atoms with Gasteiger partial charge in [-0.05, 0) is 91.8 Å². The van der Waals surface area contributed by atoms with E-state index in [1.165, 1.54) is 11.1 Å². The first-order valence-electron chi connectivity index (χ1n) is 10.5. The normalized spacial score (nSPS) is 17.9. The maximum atomic E-state index is 6.44. The summed E-state index contributed by atoms with van der Waals surface area (Å²) >= 11 is 18.3. The number of pyridine rings is 1. The van der Waals surface area contributed by atoms with E-state index in [9.17, 15) is 0 Å². The predicted molar refractivity (Wildman–Crippen MR) is 138 cm³/mol. The lowest BCUT2D eigenvalue weighted by atomic mass is 10.0. The monoisotopic (exact) mass is 493 g/mol. The van der Waals surface area contributed by atoms with E-state index < -0.39 is 0 Å². The van der Waals surface area contributed by atoms with E-state index in [4.69, 9.17) is 39.8 Å². The first kappa shape index (κ1) is 22.0. The lowest BCUT2D eigenvalue weighted by Gasteiger charge is -2.26. The van der Waals surface area contributed by atoms with E-state index >= 15 is 0 Å². The van der Waals surface area contributed by atoms with Crippen LogP contribution < -0.4 is 10.2 Å². The van der Waals surface area contributed by atoms with Crippen molar-refractivity contribution in [1.82, 2.24) is 10.3 Å². The van der Waals surface area contributed by atoms with Gasteiger partial charge >= 0.3 is 0 Å². The first-order chi connectivity index (χ1) is 15.9. The highest BCUT2D eigenvalue weighted by atomic mass is 35.5. The number of benzene rings is 2. The SMILES string of the molecule is Cc1cc(C)cc(N2C(=S)N[C@@H](c3ccccn3)[C@@H]2c2ccc(-c3ccc(Cl)cc3Cl)o2)c1. The molecule has 166 valence electrons. The van der Waals surface area contributed by atoms with Crippen molar-refractivity contribution >= 4 is 46.2 Å². The molecule has 0 saturated carbocycles. The molecule has 1 aliphatic rings. The van der Waals surface area contributed by atoms with Crippen molar-refractivity contribution < 1.29 is 4.42 Å². The second-order valence-electron chi connectivity index (χ2n) is 8.17. The predicted octanol–water partition coefficient (Wildman–Crippen LogP) is 7.44. The minimum atomic E-state index is -0.228. The molecule has 0 radical (unpaired) electrons. The molecule has 0 spiro atoms. The summed E-state index contributed by atoms with van der Waals surface area (Å²) in [5.41, 5.74) is 5.02. The number of thiocarbonyl (C=S) groups is 1. The van der Waals surface area contributed by atoms with E-state index in [0.717, 1.165) is 22.7 Å². The van der Waals surface area contributed by atoms with Crippen LogP contribution in [0.15, 0.2) is 77.3 Å². The Morgan fingerprint density at radius 1 is 0.970 bits per heavy atom. The highest BCUT2D eigenvalue weighted by Crippen LogP contribution is 2.44. The molecule has 0 amide bonds. The molecule has 0 aliphatic carbocycles. The van der Waals surface area contributed by atoms with Gasteiger partial charge in [-0.3, -0.25) is 4.98 Å². The fraction of sp³-hybridized carbons (Fsp3) is 0.154. The van der Waals surface area contributed by atoms with Gasteiger partial charge in [0.15, 0.2) is 5.11 Å². The Balaban J connectivity index is 1.62. The van der Waals surface area contributed by atoms with Gasteiger partial charge in [0.25, 0.3) is 0 Å². The average molecular weight is 494 g/mol. The lowest BCUT2D eigenvalue weighted by Crippen LogP contribution is -2.29. The Kier molecular flexibility index (Phi) is 5.87. The molecule has 2 atom stereocenters. The second kappa shape index (κ2) is 8.82. The molecular formula is C26H21Cl2N3OS. The summed E-state index contributed by atoms with van der Waals surface area (Å²) in [5.74, 6) is 1.43. The zero-order valence-electron chi connectivity index (χ0n) is 18.0. The van der Waals surface area contributed by atoms with Gasteiger partial charge in [-0.25, -0.2) is 0 Å². The van der Waals surface area contributed by atoms with Crippen LogP contribution in [0.5, 0.6) is 0 Å². The molecule has 2 aromatic carbocycles. The molecule has 5 rings (SSSR count). The highest BCUT2D eigenvalue weighted by Gasteiger charge is 2.42. The third kappa shape index (κ3) is 4.24. The average Bonchev–Trinajstić information content (AvgIpc) is 3.38. The van der Waals surface area contributed by atoms with Crippen molar-refractivity contribution in [3.63, 3.8) is 0 Å². The zero-order valence-corrected chi connectivity index (χ0v) is 20.4. The zero-order chi connectivity index (χ0) is 23.1. The van der Waals surface area contributed by atoms with Gasteiger partial charge in [0.05, 0.1) is 16.8 Å². The largest absolute Gasteiger partial charge is 0.459 e. The van der Waals surface area contributed by atoms with Crippen LogP contribution in [0.1, 0.15) is 34.7 Å². The number of nitrogens with one attached hydrogen (secondary N) is 1. The van der Waals surface area contributed by atoms with Crippen molar-refractivity contribution in [1.29, 1.82) is 0 Å². The number of hydrogen-bond donors (Lipinski definition) is 1. The van der Waals surface area contributed by atoms with Crippen LogP contribution in [-0.4, -0.2) is 10.1 Å². The van der Waals surface area contributed by atoms with Crippen molar-refractivity contribution in [2.45, 2.75) is 25.9 Å². The summed E-state index contributed by atoms with van der Waals surface area (Å²) < 4.78 is 6.39. The molecule has 4 aromatic rings. The third-order valence-corrected chi connectivity index (χ3v) is 6.56. The van der Waals surface area contributed by atoms with E-state index in [0.29, 0.717) is 20.9 Å². The molecule has 33 heavy (non-hydrogen) atoms. The van der Waals surface area contributed by atoms with Gasteiger partial charge in [-0.1, -0.05) is 35.3 Å². The fourth-order valence-electron chi connectivity index (χ4n) is 4.36. The maximum absolute atomic E-state index is 6.44. The summed E-state index contributed by atoms with van der Waals surface area (Å²) in [5, 5.41) is 5.21. The minimum absolute atomic E-state index is 0.181. The summed E-state index contributed by atoms with van der Waals surface area (Å²) in [7, 11) is 0. The van der Waals surface area contributed by atoms with Crippen molar-refractivity contribution in [3.8, 4) is 11.3 Å². The van der Waals surface area contributed by atoms with Crippen LogP contribution in [-0.2, 0) is 0 Å². The van der Waals surface area contributed by atoms with Crippen LogP contribution >= 0.6 is 35.4 Å². The standard InChI is InChI=1S/C26H21Cl2N3OS/c1-15-11-16(2)13-18(12-15)31-25(24(30-26(31)33)21-5-3-4-10-29-21)23-9-8-22(32-23)19-7-6-17(27)14-20(19)28/h3-14,24-25H,1-2H3,(H,30,33)/t24-,25-/m0/s1. The fourth-order valence-corrected chi connectivity index (χ4v) is 5.21. The molecule has 1 aliphatic heterocycles. The Bertz CT molecular complexity index is 1320. The number of rotatable bonds is 4. The van der Waals surface area contributed by atoms with Crippen LogP contribution in [0.4, 0.5) is 5.69 Å². The van der Waals surface area contributed by atoms with Gasteiger partial charge < -0.3 is 14.6 Å². The molecule has 7 heteroatoms. The molecule has 1 saturated heterocycles. The summed E-state index contributed by atoms with van der Waals surface area (Å²) in [6.07, 6.45) is 1.79. The Morgan fingerprint density at radius 2 is 1.76 bits per heavy atom. The Morgan fingerprint density at radius 3 is 2.45 bits per heavy atom. The quantitative estimate of drug-likeness (QED) is 0.299. The van der Waals surface area contributed by atoms with E-state index in [2.05, 4.69) is 47.2 Å². The topological polar surface area (TPSA) is 41.3 Å². The number of halogens is 2. The van der Waals surface area contributed by atoms with E-state index in [1.807, 2.05) is 36.4 Å². The molecule has 1 N–H and O–H groups in total. The molecule has 1 fully saturated rings. The number of hydrogen-bond acceptors (Lipinski definition) is 3. The van der Waals surface area contributed by atoms with Crippen molar-refractivity contribution in [2.24, 2.45) is 0 Å². The van der Waals surface area contributed by atoms with Crippen molar-refractivity contribution in [3.05, 3.63) is 106 Å². The van der Waals surface area contributed by atoms with Gasteiger partial charge in [-0.15, -0.1) is 0 Å². The molecule has 2 aromatic heterocycles. The van der Waals surface area contributed by atoms with Crippen LogP contribution in [0.2, 0.25) is 10.0 Å². The van der Waals surface area contributed by atoms with E-state index in [-0.39, 0.29) is 12.1 Å². The number of nitrogens with zero attached hydrogens (tertiary/aromatic N) is 2. The Hall–Kier alpha value is -2.86. The van der Waals surface area contributed by atoms with Gasteiger partial charge in [0.1, 0.15) is 17.6 Å². The number of aryl methyl sites for hydroxylation is 2. The van der Waals surface area contributed by atoms with Gasteiger partial charge in [-0.2, -0.15) is 0 Å². The summed E-state index contributed by atoms with van der Waals surface area (Å²) in [6.45, 7) is 4.17. The Labute approximate surface area is 208 Å². The van der Waals surface area contributed by atoms with Crippen LogP contribution in [0, 0.1) is 13.8 Å². The van der Waals surface area contributed by atoms with Gasteiger partial charge in [0.2, 0.25) is 0 Å². The summed E-state index contributed by atoms with van der Waals surface area (Å²) in [6, 6.07) is 21.2. The number of furan rings is 1. The van der Waals surface area contributed by atoms with Gasteiger partial charge in [0, 0.05) is 22.5 Å². The highest BCUT2D eigenvalue weighted by molar-refractivity contribution is 7.80. The van der Waals surface area contributed by atoms with Crippen LogP contribution in [0.25, 0.3) is 11.3 Å². The molecule has 4 nitrogen and oxygen atoms in total. The molecule has 0 bridgehead atoms.